The van der Waals surface area contributed by atoms with Crippen molar-refractivity contribution >= 4 is 110 Å². The van der Waals surface area contributed by atoms with E-state index in [0.29, 0.717) is 13.0 Å². The van der Waals surface area contributed by atoms with Gasteiger partial charge in [0, 0.05) is 112 Å². The number of aliphatic hydroxyl groups excluding tert-OH is 5. The Labute approximate surface area is 815 Å². The van der Waals surface area contributed by atoms with E-state index in [1.807, 2.05) is 72.1 Å². The molecule has 0 aromatic rings. The number of carbonyl (C=O) groups is 15. The number of nitrogens with one attached hydrogen (secondary N) is 2. The summed E-state index contributed by atoms with van der Waals surface area (Å²) < 4.78 is 29.1. The number of carbonyl (C=O) groups excluding carboxylic acids is 12. The zero-order valence-electron chi connectivity index (χ0n) is 85.1. The summed E-state index contributed by atoms with van der Waals surface area (Å²) in [6, 6.07) is -3.78. The van der Waals surface area contributed by atoms with Crippen molar-refractivity contribution in [1.29, 1.82) is 0 Å². The largest absolute Gasteiger partial charge is 1.00 e. The van der Waals surface area contributed by atoms with Crippen LogP contribution in [-0.2, 0) is 100 Å². The molecule has 11 N–H and O–H groups in total. The van der Waals surface area contributed by atoms with Crippen molar-refractivity contribution in [2.75, 3.05) is 100 Å². The summed E-state index contributed by atoms with van der Waals surface area (Å²) in [6.07, 6.45) is 7.55. The number of aliphatic hydroxyl groups is 5. The number of piperidine rings is 3. The van der Waals surface area contributed by atoms with Crippen molar-refractivity contribution < 1.29 is 166 Å². The fourth-order valence-corrected chi connectivity index (χ4v) is 16.2. The fourth-order valence-electron chi connectivity index (χ4n) is 16.2. The van der Waals surface area contributed by atoms with E-state index < -0.39 is 176 Å². The molecule has 8 aliphatic heterocycles. The van der Waals surface area contributed by atoms with E-state index in [-0.39, 0.29) is 178 Å². The summed E-state index contributed by atoms with van der Waals surface area (Å²) >= 11 is 0. The number of hydrogen-bond donors (Lipinski definition) is 10. The predicted molar refractivity (Wildman–Crippen MR) is 496 cm³/mol. The first-order valence-electron chi connectivity index (χ1n) is 45.3. The molecule has 8 saturated heterocycles. The Hall–Kier alpha value is -7.32. The van der Waals surface area contributed by atoms with Crippen LogP contribution in [0.5, 0.6) is 0 Å². The molecule has 8 fully saturated rings. The van der Waals surface area contributed by atoms with Crippen LogP contribution in [0.15, 0.2) is 0 Å². The van der Waals surface area contributed by atoms with E-state index in [0.717, 1.165) is 64.7 Å². The number of amides is 6. The van der Waals surface area contributed by atoms with Gasteiger partial charge in [-0.1, -0.05) is 110 Å². The number of nitrogens with zero attached hydrogens (tertiary/aromatic N) is 6. The van der Waals surface area contributed by atoms with Crippen LogP contribution in [-0.4, -0.2) is 346 Å². The Bertz CT molecular complexity index is 3680. The maximum absolute atomic E-state index is 13.2. The molecule has 0 unspecified atom stereocenters. The zero-order chi connectivity index (χ0) is 99.2. The second kappa shape index (κ2) is 59.8. The third-order valence-electron chi connectivity index (χ3n) is 23.6. The molecule has 41 heteroatoms. The summed E-state index contributed by atoms with van der Waals surface area (Å²) in [4.78, 5) is 190. The second-order valence-electron chi connectivity index (χ2n) is 42.1. The van der Waals surface area contributed by atoms with Crippen LogP contribution in [0.4, 0.5) is 0 Å². The van der Waals surface area contributed by atoms with E-state index in [4.69, 9.17) is 34.3 Å². The molecule has 8 aliphatic rings. The zero-order valence-corrected chi connectivity index (χ0v) is 86.0. The number of rotatable bonds is 20. The SMILES string of the molecule is C1CCNCC1.CC(C)(C)OC(=O)C[C@H](C(=O)O)C(C)(C)C.CC(C)(C)[C@H](CC(=O)N1CCCCC1)C(=O)N1C[C@H](O)C[C@H]1C(=O)O.COC(=O)[C@@H]1C[C@@H](O)CN1.COC(=O)[C@@H]1C[C@@H](O)CN1C(=O)[C@@H](CC(=O)N1CCCCC1)C(C)(C)C.COC(=O)[C@@H]1C[C@@H](O)CN1C(=O)[C@@H](CC(=O)O)C(C)(C)C.COC(=O)[C@@H]1C[C@@H](O)CN1C(=O)[C@@H](CC(=O)OC(C)(C)C)C(C)(C)C.Cl.[B].[CH3-].[Li+].[OH-]. The van der Waals surface area contributed by atoms with Crippen molar-refractivity contribution in [2.45, 2.75) is 339 Å². The monoisotopic (exact) mass is 1930 g/mol. The number of carboxylic acids is 3. The Kier molecular flexibility index (Phi) is 59.4. The van der Waals surface area contributed by atoms with Crippen LogP contribution >= 0.6 is 12.4 Å². The first-order chi connectivity index (χ1) is 59.3. The van der Waals surface area contributed by atoms with Crippen molar-refractivity contribution in [2.24, 2.45) is 56.7 Å². The quantitative estimate of drug-likeness (QED) is 0.0361. The molecule has 769 valence electrons. The van der Waals surface area contributed by atoms with Crippen molar-refractivity contribution in [3.05, 3.63) is 7.43 Å². The predicted octanol–water partition coefficient (Wildman–Crippen LogP) is 3.48. The number of hydrogen-bond acceptors (Lipinski definition) is 29. The van der Waals surface area contributed by atoms with E-state index in [9.17, 15) is 97.5 Å². The smallest absolute Gasteiger partial charge is 0.870 e. The maximum atomic E-state index is 13.2. The summed E-state index contributed by atoms with van der Waals surface area (Å²) in [5.41, 5.74) is -3.65. The van der Waals surface area contributed by atoms with E-state index >= 15 is 0 Å². The van der Waals surface area contributed by atoms with Gasteiger partial charge in [-0.25, -0.2) is 19.2 Å². The summed E-state index contributed by atoms with van der Waals surface area (Å²) in [5, 5.41) is 81.8. The topological polar surface area (TPSA) is 547 Å². The van der Waals surface area contributed by atoms with Gasteiger partial charge < -0.3 is 122 Å². The average molecular weight is 1930 g/mol. The molecule has 0 bridgehead atoms. The number of aliphatic carboxylic acids is 3. The number of likely N-dealkylation sites (tertiary alicyclic amines) is 6. The van der Waals surface area contributed by atoms with Crippen molar-refractivity contribution in [3.8, 4) is 0 Å². The minimum absolute atomic E-state index is 0. The molecule has 8 heterocycles. The van der Waals surface area contributed by atoms with Crippen LogP contribution in [0.2, 0.25) is 0 Å². The van der Waals surface area contributed by atoms with Crippen molar-refractivity contribution in [3.63, 3.8) is 0 Å². The molecule has 6 amide bonds. The minimum atomic E-state index is -1.11. The van der Waals surface area contributed by atoms with E-state index in [1.165, 1.54) is 80.4 Å². The fraction of sp³-hybridized carbons (Fsp3) is 0.828. The number of β-amino-alcohol motifs (C(OH)–C–C–N with tert-alkyl or cyclic N) is 5. The van der Waals surface area contributed by atoms with Gasteiger partial charge in [-0.3, -0.25) is 52.7 Å². The molecule has 0 aromatic carbocycles. The van der Waals surface area contributed by atoms with Gasteiger partial charge in [0.15, 0.2) is 0 Å². The Morgan fingerprint density at radius 3 is 0.843 bits per heavy atom. The Morgan fingerprint density at radius 2 is 0.619 bits per heavy atom. The third-order valence-corrected chi connectivity index (χ3v) is 23.6. The average Bonchev–Trinajstić information content (AvgIpc) is 1.64. The molecule has 15 atom stereocenters. The maximum Gasteiger partial charge on any atom is 1.00 e. The first kappa shape index (κ1) is 133. The van der Waals surface area contributed by atoms with Gasteiger partial charge in [0.25, 0.3) is 0 Å². The molecular formula is C93H165BClLiN8O30-. The molecule has 38 nitrogen and oxygen atoms in total. The molecule has 3 radical (unpaired) electrons. The number of methoxy groups -OCH3 is 4. The molecule has 0 aromatic heterocycles. The van der Waals surface area contributed by atoms with Gasteiger partial charge in [-0.2, -0.15) is 0 Å². The Morgan fingerprint density at radius 1 is 0.358 bits per heavy atom. The molecule has 134 heavy (non-hydrogen) atoms. The molecule has 0 aliphatic carbocycles. The first-order valence-corrected chi connectivity index (χ1v) is 45.3. The van der Waals surface area contributed by atoms with Gasteiger partial charge in [0.1, 0.15) is 41.4 Å². The Balaban J connectivity index is -0.000000753. The molecule has 0 spiro atoms. The van der Waals surface area contributed by atoms with Crippen LogP contribution < -0.4 is 29.5 Å². The summed E-state index contributed by atoms with van der Waals surface area (Å²) in [6.45, 7) is 44.5. The van der Waals surface area contributed by atoms with Crippen LogP contribution in [0, 0.1) is 64.1 Å². The van der Waals surface area contributed by atoms with Gasteiger partial charge in [-0.05, 0) is 133 Å². The number of ether oxygens (including phenoxy) is 6. The van der Waals surface area contributed by atoms with E-state index in [1.54, 1.807) is 83.1 Å². The van der Waals surface area contributed by atoms with Gasteiger partial charge >= 0.3 is 72.6 Å². The summed E-state index contributed by atoms with van der Waals surface area (Å²) in [7, 11) is 5.08. The van der Waals surface area contributed by atoms with Gasteiger partial charge in [-0.15, -0.1) is 12.4 Å². The van der Waals surface area contributed by atoms with Gasteiger partial charge in [0.05, 0.1) is 108 Å². The molecular weight excluding hydrogens is 1760 g/mol. The number of carboxylic acid groups (broad SMARTS) is 3. The molecule has 8 rings (SSSR count). The van der Waals surface area contributed by atoms with Crippen molar-refractivity contribution in [1.82, 2.24) is 40.0 Å². The second-order valence-corrected chi connectivity index (χ2v) is 42.1. The molecule has 0 saturated carbocycles. The van der Waals surface area contributed by atoms with Crippen LogP contribution in [0.25, 0.3) is 0 Å². The van der Waals surface area contributed by atoms with Gasteiger partial charge in [0.2, 0.25) is 35.4 Å². The van der Waals surface area contributed by atoms with Crippen LogP contribution in [0.1, 0.15) is 267 Å². The minimum Gasteiger partial charge on any atom is -0.870 e. The number of esters is 6. The number of halogens is 1. The normalized spacial score (nSPS) is 22.8. The van der Waals surface area contributed by atoms with E-state index in [2.05, 4.69) is 20.1 Å². The van der Waals surface area contributed by atoms with Crippen LogP contribution in [0.3, 0.4) is 0 Å². The standard InChI is InChI=1S/C19H32N2O5.C18H30N2O5.C18H31NO6.C14H23NO6.C12H22O4.C6H11NO3.C5H11N.CH3.B.ClH.Li.H2O/c1-19(2,3)14(11-16(23)20-8-6-5-7-9-20)17(24)21-12-13(22)10-15(21)18(25)26-4;1-18(2,3)13(10-15(22)19-7-5-4-6-8-19)16(23)20-11-12(21)9-14(20)17(24)25;1-17(2,3)12(9-14(21)25-18(4,5)6)15(22)19-10-11(20)8-13(19)16(23)24-7;1-14(2,3)9(6-11(17)18)12(19)15-7-8(16)5-10(15)13(20)21-4;1-11(2,3)8(10(14)15)7-9(13)16-12(4,5)6;1-10-6(9)5-2-4(8)3-7-5;1-2-4-6-5-3-1;;;;;/h13-15,22H,5-12H2,1-4H3;12-14,21H,4-11H2,1-3H3,(H,24,25);11-13,20H,8-10H2,1-7H3;8-10,16H,5-7H2,1-4H3,(H,17,18);8H,7H2,1-6H3,(H,14,15);4-5,7-8H,2-3H2,1H3;6H,1-5H2;1H3;;1H;;1H2/q;;;;;;;-1;;;+1;/p-1/t13-,14-,15+;12-,13-,14+;11-,12-,13+;8-,9-,10+;8-;4-,5+;;;;;;/m111111....../s1. The third kappa shape index (κ3) is 46.0. The summed E-state index contributed by atoms with van der Waals surface area (Å²) in [5.74, 6) is -10.8.